The second-order valence-corrected chi connectivity index (χ2v) is 5.09. The third-order valence-corrected chi connectivity index (χ3v) is 3.25. The van der Waals surface area contributed by atoms with Crippen LogP contribution in [0.4, 0.5) is 4.79 Å². The quantitative estimate of drug-likeness (QED) is 0.736. The monoisotopic (exact) mass is 364 g/mol. The maximum atomic E-state index is 12.0. The minimum absolute atomic E-state index is 0. The first-order chi connectivity index (χ1) is 11.7. The number of halogens is 1. The molecule has 1 atom stereocenters. The molecule has 2 aromatic carbocycles. The summed E-state index contributed by atoms with van der Waals surface area (Å²) in [4.78, 5) is 23.8. The van der Waals surface area contributed by atoms with Crippen LogP contribution in [0.3, 0.4) is 0 Å². The first-order valence-electron chi connectivity index (χ1n) is 7.57. The van der Waals surface area contributed by atoms with Crippen molar-refractivity contribution < 1.29 is 19.1 Å². The minimum atomic E-state index is -0.947. The zero-order valence-electron chi connectivity index (χ0n) is 13.6. The van der Waals surface area contributed by atoms with E-state index in [0.717, 1.165) is 11.1 Å². The van der Waals surface area contributed by atoms with Crippen LogP contribution in [-0.4, -0.2) is 24.6 Å². The van der Waals surface area contributed by atoms with Gasteiger partial charge in [-0.15, -0.1) is 12.4 Å². The molecule has 1 unspecified atom stereocenters. The van der Waals surface area contributed by atoms with Gasteiger partial charge in [-0.05, 0) is 11.1 Å². The number of hydrogen-bond donors (Lipinski definition) is 2. The van der Waals surface area contributed by atoms with E-state index < -0.39 is 18.1 Å². The molecule has 3 N–H and O–H groups in total. The van der Waals surface area contributed by atoms with E-state index in [4.69, 9.17) is 15.2 Å². The Bertz CT molecular complexity index is 653. The highest BCUT2D eigenvalue weighted by Gasteiger charge is 2.21. The Labute approximate surface area is 152 Å². The van der Waals surface area contributed by atoms with Crippen molar-refractivity contribution in [3.8, 4) is 0 Å². The van der Waals surface area contributed by atoms with Crippen molar-refractivity contribution in [2.75, 3.05) is 6.54 Å². The summed E-state index contributed by atoms with van der Waals surface area (Å²) in [5.74, 6) is -0.599. The number of nitrogens with two attached hydrogens (primary N) is 1. The predicted octanol–water partition coefficient (Wildman–Crippen LogP) is 2.41. The summed E-state index contributed by atoms with van der Waals surface area (Å²) in [6.07, 6.45) is -0.717. The Morgan fingerprint density at radius 3 is 1.84 bits per heavy atom. The summed E-state index contributed by atoms with van der Waals surface area (Å²) in [5, 5.41) is 2.41. The fraction of sp³-hybridized carbons (Fsp3) is 0.222. The van der Waals surface area contributed by atoms with Crippen LogP contribution in [0.5, 0.6) is 0 Å². The van der Waals surface area contributed by atoms with Crippen molar-refractivity contribution in [1.29, 1.82) is 0 Å². The molecule has 7 heteroatoms. The smallest absolute Gasteiger partial charge is 0.408 e. The molecule has 0 aliphatic rings. The summed E-state index contributed by atoms with van der Waals surface area (Å²) < 4.78 is 10.2. The fourth-order valence-electron chi connectivity index (χ4n) is 1.95. The third-order valence-electron chi connectivity index (χ3n) is 3.25. The lowest BCUT2D eigenvalue weighted by molar-refractivity contribution is -0.147. The lowest BCUT2D eigenvalue weighted by atomic mass is 10.2. The average Bonchev–Trinajstić information content (AvgIpc) is 2.64. The van der Waals surface area contributed by atoms with Crippen molar-refractivity contribution in [3.05, 3.63) is 71.8 Å². The number of rotatable bonds is 7. The molecule has 25 heavy (non-hydrogen) atoms. The van der Waals surface area contributed by atoms with Gasteiger partial charge in [0.25, 0.3) is 0 Å². The molecular weight excluding hydrogens is 344 g/mol. The number of ether oxygens (including phenoxy) is 2. The van der Waals surface area contributed by atoms with Gasteiger partial charge in [0, 0.05) is 6.54 Å². The number of nitrogens with one attached hydrogen (secondary N) is 1. The number of alkyl carbamates (subject to hydrolysis) is 1. The van der Waals surface area contributed by atoms with E-state index in [0.29, 0.717) is 0 Å². The Kier molecular flexibility index (Phi) is 9.06. The summed E-state index contributed by atoms with van der Waals surface area (Å²) in [6.45, 7) is 0.161. The van der Waals surface area contributed by atoms with Crippen LogP contribution in [0.15, 0.2) is 60.7 Å². The molecule has 0 aliphatic carbocycles. The Morgan fingerprint density at radius 1 is 0.880 bits per heavy atom. The minimum Gasteiger partial charge on any atom is -0.459 e. The van der Waals surface area contributed by atoms with Crippen molar-refractivity contribution in [2.24, 2.45) is 5.73 Å². The number of carbonyl (C=O) groups is 2. The van der Waals surface area contributed by atoms with Crippen LogP contribution < -0.4 is 11.1 Å². The van der Waals surface area contributed by atoms with Crippen LogP contribution in [-0.2, 0) is 27.5 Å². The number of hydrogen-bond acceptors (Lipinski definition) is 5. The molecular formula is C18H21ClN2O4. The summed E-state index contributed by atoms with van der Waals surface area (Å²) in [5.41, 5.74) is 7.23. The SMILES string of the molecule is Cl.NCC(NC(=O)OCc1ccccc1)C(=O)OCc1ccccc1. The standard InChI is InChI=1S/C18H20N2O4.ClH/c19-11-16(17(21)23-12-14-7-3-1-4-8-14)20-18(22)24-13-15-9-5-2-6-10-15;/h1-10,16H,11-13,19H2,(H,20,22);1H. The molecule has 0 radical (unpaired) electrons. The van der Waals surface area contributed by atoms with Crippen LogP contribution >= 0.6 is 12.4 Å². The van der Waals surface area contributed by atoms with Crippen LogP contribution in [0.2, 0.25) is 0 Å². The number of esters is 1. The molecule has 2 rings (SSSR count). The lowest BCUT2D eigenvalue weighted by Gasteiger charge is -2.16. The van der Waals surface area contributed by atoms with Gasteiger partial charge in [0.05, 0.1) is 0 Å². The molecule has 2 aromatic rings. The maximum absolute atomic E-state index is 12.0. The molecule has 0 spiro atoms. The number of benzene rings is 2. The number of amides is 1. The Hall–Kier alpha value is -2.57. The highest BCUT2D eigenvalue weighted by atomic mass is 35.5. The van der Waals surface area contributed by atoms with E-state index in [1.54, 1.807) is 0 Å². The Balaban J connectivity index is 0.00000312. The van der Waals surface area contributed by atoms with E-state index >= 15 is 0 Å². The predicted molar refractivity (Wildman–Crippen MR) is 96.1 cm³/mol. The van der Waals surface area contributed by atoms with E-state index in [9.17, 15) is 9.59 Å². The van der Waals surface area contributed by atoms with Crippen LogP contribution in [0.25, 0.3) is 0 Å². The largest absolute Gasteiger partial charge is 0.459 e. The maximum Gasteiger partial charge on any atom is 0.408 e. The van der Waals surface area contributed by atoms with E-state index in [1.807, 2.05) is 60.7 Å². The normalized spacial score (nSPS) is 10.9. The summed E-state index contributed by atoms with van der Waals surface area (Å²) in [7, 11) is 0. The highest BCUT2D eigenvalue weighted by Crippen LogP contribution is 2.03. The van der Waals surface area contributed by atoms with Gasteiger partial charge in [-0.25, -0.2) is 9.59 Å². The van der Waals surface area contributed by atoms with Crippen LogP contribution in [0.1, 0.15) is 11.1 Å². The van der Waals surface area contributed by atoms with Crippen molar-refractivity contribution in [3.63, 3.8) is 0 Å². The van der Waals surface area contributed by atoms with Crippen LogP contribution in [0, 0.1) is 0 Å². The summed E-state index contributed by atoms with van der Waals surface area (Å²) in [6, 6.07) is 17.5. The van der Waals surface area contributed by atoms with Gasteiger partial charge >= 0.3 is 12.1 Å². The van der Waals surface area contributed by atoms with E-state index in [2.05, 4.69) is 5.32 Å². The van der Waals surface area contributed by atoms with Crippen molar-refractivity contribution >= 4 is 24.5 Å². The third kappa shape index (κ3) is 7.24. The second kappa shape index (κ2) is 11.1. The van der Waals surface area contributed by atoms with Crippen molar-refractivity contribution in [1.82, 2.24) is 5.32 Å². The van der Waals surface area contributed by atoms with Gasteiger partial charge in [0.2, 0.25) is 0 Å². The highest BCUT2D eigenvalue weighted by molar-refractivity contribution is 5.85. The number of carbonyl (C=O) groups excluding carboxylic acids is 2. The topological polar surface area (TPSA) is 90.6 Å². The fourth-order valence-corrected chi connectivity index (χ4v) is 1.95. The molecule has 0 bridgehead atoms. The first kappa shape index (κ1) is 20.5. The molecule has 134 valence electrons. The molecule has 0 aliphatic heterocycles. The lowest BCUT2D eigenvalue weighted by Crippen LogP contribution is -2.46. The van der Waals surface area contributed by atoms with Gasteiger partial charge in [-0.1, -0.05) is 60.7 Å². The van der Waals surface area contributed by atoms with Gasteiger partial charge in [-0.3, -0.25) is 0 Å². The molecule has 6 nitrogen and oxygen atoms in total. The van der Waals surface area contributed by atoms with Gasteiger partial charge in [-0.2, -0.15) is 0 Å². The van der Waals surface area contributed by atoms with Crippen molar-refractivity contribution in [2.45, 2.75) is 19.3 Å². The first-order valence-corrected chi connectivity index (χ1v) is 7.57. The molecule has 0 fully saturated rings. The molecule has 0 aromatic heterocycles. The second-order valence-electron chi connectivity index (χ2n) is 5.09. The van der Waals surface area contributed by atoms with Gasteiger partial charge in [0.1, 0.15) is 19.3 Å². The zero-order chi connectivity index (χ0) is 17.2. The summed E-state index contributed by atoms with van der Waals surface area (Å²) >= 11 is 0. The van der Waals surface area contributed by atoms with Gasteiger partial charge < -0.3 is 20.5 Å². The Morgan fingerprint density at radius 2 is 1.36 bits per heavy atom. The van der Waals surface area contributed by atoms with E-state index in [1.165, 1.54) is 0 Å². The van der Waals surface area contributed by atoms with Gasteiger partial charge in [0.15, 0.2) is 0 Å². The molecule has 0 saturated heterocycles. The van der Waals surface area contributed by atoms with E-state index in [-0.39, 0.29) is 32.2 Å². The average molecular weight is 365 g/mol. The molecule has 0 saturated carbocycles. The molecule has 0 heterocycles. The zero-order valence-corrected chi connectivity index (χ0v) is 14.4. The molecule has 1 amide bonds.